The molecule has 182 valence electrons. The highest BCUT2D eigenvalue weighted by molar-refractivity contribution is 6.01. The van der Waals surface area contributed by atoms with E-state index in [0.29, 0.717) is 11.7 Å². The lowest BCUT2D eigenvalue weighted by Gasteiger charge is -2.31. The molecule has 3 aromatic carbocycles. The highest BCUT2D eigenvalue weighted by Crippen LogP contribution is 2.38. The quantitative estimate of drug-likeness (QED) is 0.357. The second-order valence-electron chi connectivity index (χ2n) is 8.40. The molecule has 1 aliphatic heterocycles. The molecule has 0 fully saturated rings. The first-order valence-corrected chi connectivity index (χ1v) is 11.7. The number of carbonyl (C=O) groups is 1. The number of carbonyl (C=O) groups excluding carboxylic acids is 1. The molecule has 36 heavy (non-hydrogen) atoms. The summed E-state index contributed by atoms with van der Waals surface area (Å²) >= 11 is 0. The van der Waals surface area contributed by atoms with Crippen molar-refractivity contribution in [2.75, 3.05) is 24.9 Å². The van der Waals surface area contributed by atoms with Crippen LogP contribution in [-0.4, -0.2) is 34.9 Å². The van der Waals surface area contributed by atoms with Crippen LogP contribution in [0.15, 0.2) is 84.9 Å². The van der Waals surface area contributed by atoms with Crippen molar-refractivity contribution in [3.8, 4) is 11.5 Å². The number of methoxy groups -OCH3 is 2. The van der Waals surface area contributed by atoms with E-state index in [4.69, 9.17) is 9.47 Å². The summed E-state index contributed by atoms with van der Waals surface area (Å²) in [5.41, 5.74) is 3.05. The van der Waals surface area contributed by atoms with Crippen molar-refractivity contribution in [2.45, 2.75) is 18.5 Å². The fourth-order valence-corrected chi connectivity index (χ4v) is 4.36. The number of amides is 1. The van der Waals surface area contributed by atoms with Crippen molar-refractivity contribution in [3.05, 3.63) is 102 Å². The van der Waals surface area contributed by atoms with Crippen LogP contribution in [0.2, 0.25) is 0 Å². The van der Waals surface area contributed by atoms with E-state index in [-0.39, 0.29) is 23.9 Å². The van der Waals surface area contributed by atoms with E-state index in [2.05, 4.69) is 32.8 Å². The summed E-state index contributed by atoms with van der Waals surface area (Å²) in [5.74, 6) is 1.99. The Labute approximate surface area is 209 Å². The molecular weight excluding hydrogens is 454 g/mol. The normalized spacial score (nSPS) is 16.7. The summed E-state index contributed by atoms with van der Waals surface area (Å²) in [6.07, 6.45) is 3.92. The lowest BCUT2D eigenvalue weighted by Crippen LogP contribution is -2.28. The topological polar surface area (TPSA) is 90.3 Å². The van der Waals surface area contributed by atoms with E-state index in [0.717, 1.165) is 28.9 Å². The summed E-state index contributed by atoms with van der Waals surface area (Å²) in [5, 5.41) is 10.9. The van der Waals surface area contributed by atoms with Gasteiger partial charge in [0.05, 0.1) is 26.3 Å². The van der Waals surface area contributed by atoms with Gasteiger partial charge in [-0.2, -0.15) is 4.98 Å². The van der Waals surface area contributed by atoms with Crippen molar-refractivity contribution in [1.29, 1.82) is 0 Å². The van der Waals surface area contributed by atoms with Gasteiger partial charge in [-0.05, 0) is 41.8 Å². The maximum absolute atomic E-state index is 12.6. The first kappa shape index (κ1) is 23.2. The van der Waals surface area contributed by atoms with E-state index in [1.54, 1.807) is 20.3 Å². The largest absolute Gasteiger partial charge is 0.497 e. The van der Waals surface area contributed by atoms with Crippen molar-refractivity contribution in [1.82, 2.24) is 14.8 Å². The zero-order valence-corrected chi connectivity index (χ0v) is 20.1. The third-order valence-corrected chi connectivity index (χ3v) is 6.18. The summed E-state index contributed by atoms with van der Waals surface area (Å²) < 4.78 is 12.5. The van der Waals surface area contributed by atoms with Crippen LogP contribution < -0.4 is 20.1 Å². The molecule has 4 aromatic rings. The number of nitrogens with one attached hydrogen (secondary N) is 2. The minimum absolute atomic E-state index is 0.0454. The average Bonchev–Trinajstić information content (AvgIpc) is 3.34. The van der Waals surface area contributed by atoms with Gasteiger partial charge >= 0.3 is 0 Å². The van der Waals surface area contributed by atoms with Gasteiger partial charge in [0.15, 0.2) is 0 Å². The number of ether oxygens (including phenoxy) is 2. The Morgan fingerprint density at radius 2 is 1.72 bits per heavy atom. The molecule has 8 nitrogen and oxygen atoms in total. The fourth-order valence-electron chi connectivity index (χ4n) is 4.36. The number of anilines is 2. The average molecular weight is 482 g/mol. The monoisotopic (exact) mass is 481 g/mol. The van der Waals surface area contributed by atoms with Crippen molar-refractivity contribution >= 4 is 23.9 Å². The first-order chi connectivity index (χ1) is 17.6. The summed E-state index contributed by atoms with van der Waals surface area (Å²) in [6.45, 7) is 0. The Morgan fingerprint density at radius 1 is 0.972 bits per heavy atom. The third-order valence-electron chi connectivity index (χ3n) is 6.18. The highest BCUT2D eigenvalue weighted by atomic mass is 16.5. The Morgan fingerprint density at radius 3 is 2.47 bits per heavy atom. The molecule has 1 amide bonds. The van der Waals surface area contributed by atoms with Crippen molar-refractivity contribution in [3.63, 3.8) is 0 Å². The number of fused-ring (bicyclic) bond motifs is 1. The van der Waals surface area contributed by atoms with Crippen molar-refractivity contribution in [2.24, 2.45) is 0 Å². The van der Waals surface area contributed by atoms with E-state index in [1.807, 2.05) is 71.4 Å². The standard InChI is InChI=1S/C28H27N5O3/c1-35-22-15-12-20(13-16-22)24-18-23(19-8-4-3-5-9-19)29-28-31-27(32-33(24)28)30-26(34)17-14-21-10-6-7-11-25(21)36-2/h3-17,23-24H,18H2,1-2H3,(H2,29,30,31,32,34). The Balaban J connectivity index is 1.41. The predicted octanol–water partition coefficient (Wildman–Crippen LogP) is 5.09. The van der Waals surface area contributed by atoms with Crippen LogP contribution in [0.3, 0.4) is 0 Å². The third kappa shape index (κ3) is 4.93. The van der Waals surface area contributed by atoms with Crippen LogP contribution in [0.5, 0.6) is 11.5 Å². The minimum Gasteiger partial charge on any atom is -0.497 e. The second-order valence-corrected chi connectivity index (χ2v) is 8.40. The lowest BCUT2D eigenvalue weighted by molar-refractivity contribution is -0.111. The maximum Gasteiger partial charge on any atom is 0.250 e. The maximum atomic E-state index is 12.6. The number of rotatable bonds is 7. The molecule has 1 aliphatic rings. The van der Waals surface area contributed by atoms with Crippen molar-refractivity contribution < 1.29 is 14.3 Å². The van der Waals surface area contributed by atoms with E-state index in [9.17, 15) is 4.79 Å². The number of para-hydroxylation sites is 1. The SMILES string of the molecule is COc1ccc(C2CC(c3ccccc3)Nc3nc(NC(=O)C=Cc4ccccc4OC)nn32)cc1. The van der Waals surface area contributed by atoms with Gasteiger partial charge in [-0.25, -0.2) is 4.68 Å². The summed E-state index contributed by atoms with van der Waals surface area (Å²) in [6, 6.07) is 25.7. The van der Waals surface area contributed by atoms with Gasteiger partial charge in [0.2, 0.25) is 5.95 Å². The number of nitrogens with zero attached hydrogens (tertiary/aromatic N) is 3. The number of hydrogen-bond acceptors (Lipinski definition) is 6. The molecule has 5 rings (SSSR count). The Kier molecular flexibility index (Phi) is 6.66. The van der Waals surface area contributed by atoms with Gasteiger partial charge in [-0.1, -0.05) is 60.7 Å². The smallest absolute Gasteiger partial charge is 0.250 e. The van der Waals surface area contributed by atoms with E-state index < -0.39 is 0 Å². The predicted molar refractivity (Wildman–Crippen MR) is 139 cm³/mol. The molecule has 8 heteroatoms. The highest BCUT2D eigenvalue weighted by Gasteiger charge is 2.31. The van der Waals surface area contributed by atoms with Crippen LogP contribution >= 0.6 is 0 Å². The molecule has 2 unspecified atom stereocenters. The first-order valence-electron chi connectivity index (χ1n) is 11.7. The van der Waals surface area contributed by atoms with Gasteiger partial charge in [0.25, 0.3) is 11.9 Å². The van der Waals surface area contributed by atoms with Gasteiger partial charge in [-0.15, -0.1) is 5.10 Å². The summed E-state index contributed by atoms with van der Waals surface area (Å²) in [7, 11) is 3.25. The lowest BCUT2D eigenvalue weighted by atomic mass is 9.93. The molecule has 0 spiro atoms. The Hall–Kier alpha value is -4.59. The van der Waals surface area contributed by atoms with Crippen LogP contribution in [0.4, 0.5) is 11.9 Å². The molecule has 0 bridgehead atoms. The van der Waals surface area contributed by atoms with Crippen LogP contribution in [0.1, 0.15) is 35.2 Å². The molecule has 2 N–H and O–H groups in total. The molecule has 2 heterocycles. The van der Waals surface area contributed by atoms with E-state index in [1.165, 1.54) is 6.08 Å². The number of aromatic nitrogens is 3. The molecule has 0 saturated carbocycles. The molecule has 1 aromatic heterocycles. The molecular formula is C28H27N5O3. The second kappa shape index (κ2) is 10.4. The van der Waals surface area contributed by atoms with Crippen LogP contribution in [-0.2, 0) is 4.79 Å². The number of hydrogen-bond donors (Lipinski definition) is 2. The van der Waals surface area contributed by atoms with Crippen LogP contribution in [0.25, 0.3) is 6.08 Å². The zero-order valence-electron chi connectivity index (χ0n) is 20.1. The van der Waals surface area contributed by atoms with Gasteiger partial charge in [-0.3, -0.25) is 10.1 Å². The molecule has 0 aliphatic carbocycles. The minimum atomic E-state index is -0.329. The van der Waals surface area contributed by atoms with Gasteiger partial charge < -0.3 is 14.8 Å². The zero-order chi connectivity index (χ0) is 24.9. The molecule has 2 atom stereocenters. The van der Waals surface area contributed by atoms with E-state index >= 15 is 0 Å². The number of benzene rings is 3. The Bertz CT molecular complexity index is 1370. The van der Waals surface area contributed by atoms with Gasteiger partial charge in [0.1, 0.15) is 11.5 Å². The molecule has 0 saturated heterocycles. The molecule has 0 radical (unpaired) electrons. The fraction of sp³-hybridized carbons (Fsp3) is 0.179. The summed E-state index contributed by atoms with van der Waals surface area (Å²) in [4.78, 5) is 17.2. The van der Waals surface area contributed by atoms with Gasteiger partial charge in [0, 0.05) is 11.6 Å². The van der Waals surface area contributed by atoms with Crippen LogP contribution in [0, 0.1) is 0 Å².